The topological polar surface area (TPSA) is 104 Å². The van der Waals surface area contributed by atoms with Crippen LogP contribution in [0.2, 0.25) is 0 Å². The first-order chi connectivity index (χ1) is 9.08. The molecular weight excluding hydrogens is 248 g/mol. The average molecular weight is 258 g/mol. The van der Waals surface area contributed by atoms with Crippen molar-refractivity contribution in [2.45, 2.75) is 0 Å². The summed E-state index contributed by atoms with van der Waals surface area (Å²) in [5.41, 5.74) is 5.91. The molecule has 0 fully saturated rings. The number of nitrogens with zero attached hydrogens (tertiary/aromatic N) is 3. The second kappa shape index (κ2) is 5.13. The van der Waals surface area contributed by atoms with Gasteiger partial charge in [0.25, 0.3) is 5.69 Å². The van der Waals surface area contributed by atoms with Crippen molar-refractivity contribution in [1.29, 1.82) is 0 Å². The molecule has 0 saturated heterocycles. The zero-order chi connectivity index (χ0) is 13.8. The van der Waals surface area contributed by atoms with Gasteiger partial charge < -0.3 is 5.73 Å². The number of carbonyl (C=O) groups is 1. The van der Waals surface area contributed by atoms with Crippen molar-refractivity contribution in [1.82, 2.24) is 9.78 Å². The molecule has 2 N–H and O–H groups in total. The Bertz CT molecular complexity index is 660. The number of nitrogens with two attached hydrogens (primary N) is 1. The summed E-state index contributed by atoms with van der Waals surface area (Å²) < 4.78 is 1.37. The van der Waals surface area contributed by atoms with Gasteiger partial charge in [-0.15, -0.1) is 0 Å². The monoisotopic (exact) mass is 258 g/mol. The molecule has 7 nitrogen and oxygen atoms in total. The Morgan fingerprint density at radius 3 is 2.84 bits per heavy atom. The van der Waals surface area contributed by atoms with Crippen LogP contribution in [-0.2, 0) is 4.79 Å². The highest BCUT2D eigenvalue weighted by atomic mass is 16.6. The summed E-state index contributed by atoms with van der Waals surface area (Å²) in [6.07, 6.45) is 5.74. The molecule has 0 unspecified atom stereocenters. The Hall–Kier alpha value is -2.96. The lowest BCUT2D eigenvalue weighted by molar-refractivity contribution is -0.384. The van der Waals surface area contributed by atoms with E-state index in [2.05, 4.69) is 5.10 Å². The molecule has 1 aromatic heterocycles. The SMILES string of the molecule is NC(=O)C=Cc1cnn(-c2ccccc2[N+](=O)[O-])c1. The fourth-order valence-electron chi connectivity index (χ4n) is 1.55. The number of nitro benzene ring substituents is 1. The third-order valence-corrected chi connectivity index (χ3v) is 2.37. The van der Waals surface area contributed by atoms with Gasteiger partial charge in [0.2, 0.25) is 5.91 Å². The Labute approximate surface area is 108 Å². The molecule has 96 valence electrons. The van der Waals surface area contributed by atoms with Crippen LogP contribution in [0.5, 0.6) is 0 Å². The summed E-state index contributed by atoms with van der Waals surface area (Å²) in [5.74, 6) is -0.571. The van der Waals surface area contributed by atoms with Crippen LogP contribution < -0.4 is 5.73 Å². The van der Waals surface area contributed by atoms with Crippen molar-refractivity contribution in [3.63, 3.8) is 0 Å². The summed E-state index contributed by atoms with van der Waals surface area (Å²) in [6.45, 7) is 0. The molecule has 2 rings (SSSR count). The van der Waals surface area contributed by atoms with Crippen LogP contribution in [0.15, 0.2) is 42.7 Å². The zero-order valence-electron chi connectivity index (χ0n) is 9.76. The van der Waals surface area contributed by atoms with E-state index in [4.69, 9.17) is 5.73 Å². The van der Waals surface area contributed by atoms with E-state index < -0.39 is 10.8 Å². The number of carbonyl (C=O) groups excluding carboxylic acids is 1. The molecule has 7 heteroatoms. The quantitative estimate of drug-likeness (QED) is 0.506. The van der Waals surface area contributed by atoms with E-state index in [1.807, 2.05) is 0 Å². The maximum atomic E-state index is 10.9. The first kappa shape index (κ1) is 12.5. The van der Waals surface area contributed by atoms with E-state index in [1.165, 1.54) is 29.1 Å². The summed E-state index contributed by atoms with van der Waals surface area (Å²) in [5, 5.41) is 14.9. The molecular formula is C12H10N4O3. The van der Waals surface area contributed by atoms with E-state index in [-0.39, 0.29) is 5.69 Å². The molecule has 0 bridgehead atoms. The van der Waals surface area contributed by atoms with E-state index in [0.717, 1.165) is 0 Å². The number of aromatic nitrogens is 2. The molecule has 1 heterocycles. The van der Waals surface area contributed by atoms with E-state index in [1.54, 1.807) is 24.4 Å². The van der Waals surface area contributed by atoms with Crippen LogP contribution in [-0.4, -0.2) is 20.6 Å². The Morgan fingerprint density at radius 2 is 2.16 bits per heavy atom. The number of benzene rings is 1. The molecule has 0 spiro atoms. The maximum absolute atomic E-state index is 10.9. The Kier molecular flexibility index (Phi) is 3.37. The van der Waals surface area contributed by atoms with Crippen molar-refractivity contribution in [2.24, 2.45) is 5.73 Å². The Balaban J connectivity index is 2.38. The smallest absolute Gasteiger partial charge is 0.294 e. The van der Waals surface area contributed by atoms with Gasteiger partial charge in [-0.25, -0.2) is 4.68 Å². The third kappa shape index (κ3) is 2.83. The Morgan fingerprint density at radius 1 is 1.42 bits per heavy atom. The van der Waals surface area contributed by atoms with Gasteiger partial charge in [0.15, 0.2) is 0 Å². The van der Waals surface area contributed by atoms with Gasteiger partial charge in [0.1, 0.15) is 5.69 Å². The van der Waals surface area contributed by atoms with Crippen molar-refractivity contribution in [2.75, 3.05) is 0 Å². The summed E-state index contributed by atoms with van der Waals surface area (Å²) >= 11 is 0. The van der Waals surface area contributed by atoms with Crippen molar-refractivity contribution < 1.29 is 9.72 Å². The second-order valence-corrected chi connectivity index (χ2v) is 3.70. The van der Waals surface area contributed by atoms with Gasteiger partial charge in [0.05, 0.1) is 11.1 Å². The number of rotatable bonds is 4. The predicted molar refractivity (Wildman–Crippen MR) is 68.4 cm³/mol. The fraction of sp³-hybridized carbons (Fsp3) is 0. The molecule has 1 aromatic carbocycles. The van der Waals surface area contributed by atoms with Gasteiger partial charge in [-0.1, -0.05) is 12.1 Å². The summed E-state index contributed by atoms with van der Waals surface area (Å²) in [4.78, 5) is 21.0. The van der Waals surface area contributed by atoms with Gasteiger partial charge >= 0.3 is 0 Å². The van der Waals surface area contributed by atoms with Crippen LogP contribution in [0.4, 0.5) is 5.69 Å². The normalized spacial score (nSPS) is 10.7. The molecule has 0 aliphatic carbocycles. The molecule has 2 aromatic rings. The number of hydrogen-bond acceptors (Lipinski definition) is 4. The largest absolute Gasteiger partial charge is 0.366 e. The first-order valence-electron chi connectivity index (χ1n) is 5.34. The number of primary amides is 1. The minimum absolute atomic E-state index is 0.0453. The molecule has 0 atom stereocenters. The van der Waals surface area contributed by atoms with Crippen LogP contribution >= 0.6 is 0 Å². The highest BCUT2D eigenvalue weighted by molar-refractivity contribution is 5.90. The van der Waals surface area contributed by atoms with Crippen molar-refractivity contribution >= 4 is 17.7 Å². The molecule has 0 saturated carbocycles. The maximum Gasteiger partial charge on any atom is 0.294 e. The predicted octanol–water partition coefficient (Wildman–Crippen LogP) is 1.28. The fourth-order valence-corrected chi connectivity index (χ4v) is 1.55. The molecule has 0 aliphatic heterocycles. The van der Waals surface area contributed by atoms with Gasteiger partial charge in [-0.05, 0) is 12.1 Å². The lowest BCUT2D eigenvalue weighted by atomic mass is 10.2. The van der Waals surface area contributed by atoms with Gasteiger partial charge in [-0.2, -0.15) is 5.10 Å². The van der Waals surface area contributed by atoms with Crippen LogP contribution in [0.25, 0.3) is 11.8 Å². The average Bonchev–Trinajstić information content (AvgIpc) is 2.85. The van der Waals surface area contributed by atoms with E-state index in [0.29, 0.717) is 11.3 Å². The van der Waals surface area contributed by atoms with Gasteiger partial charge in [0, 0.05) is 23.9 Å². The molecule has 19 heavy (non-hydrogen) atoms. The molecule has 0 aliphatic rings. The van der Waals surface area contributed by atoms with Crippen LogP contribution in [0.1, 0.15) is 5.56 Å². The zero-order valence-corrected chi connectivity index (χ0v) is 9.76. The highest BCUT2D eigenvalue weighted by Crippen LogP contribution is 2.21. The standard InChI is InChI=1S/C12H10N4O3/c13-12(17)6-5-9-7-14-15(8-9)10-3-1-2-4-11(10)16(18)19/h1-8H,(H2,13,17). The van der Waals surface area contributed by atoms with Crippen molar-refractivity contribution in [3.05, 3.63) is 58.4 Å². The highest BCUT2D eigenvalue weighted by Gasteiger charge is 2.14. The lowest BCUT2D eigenvalue weighted by Crippen LogP contribution is -2.04. The number of hydrogen-bond donors (Lipinski definition) is 1. The number of para-hydroxylation sites is 2. The summed E-state index contributed by atoms with van der Waals surface area (Å²) in [7, 11) is 0. The first-order valence-corrected chi connectivity index (χ1v) is 5.34. The number of amides is 1. The molecule has 0 radical (unpaired) electrons. The van der Waals surface area contributed by atoms with E-state index >= 15 is 0 Å². The van der Waals surface area contributed by atoms with Crippen molar-refractivity contribution in [3.8, 4) is 5.69 Å². The third-order valence-electron chi connectivity index (χ3n) is 2.37. The lowest BCUT2D eigenvalue weighted by Gasteiger charge is -2.01. The van der Waals surface area contributed by atoms with Gasteiger partial charge in [-0.3, -0.25) is 14.9 Å². The van der Waals surface area contributed by atoms with E-state index in [9.17, 15) is 14.9 Å². The minimum Gasteiger partial charge on any atom is -0.366 e. The van der Waals surface area contributed by atoms with Crippen LogP contribution in [0.3, 0.4) is 0 Å². The van der Waals surface area contributed by atoms with Crippen LogP contribution in [0, 0.1) is 10.1 Å². The summed E-state index contributed by atoms with van der Waals surface area (Å²) in [6, 6.07) is 6.25. The number of nitro groups is 1. The minimum atomic E-state index is -0.571. The molecule has 1 amide bonds. The second-order valence-electron chi connectivity index (χ2n) is 3.70.